The lowest BCUT2D eigenvalue weighted by molar-refractivity contribution is -0.149. The van der Waals surface area contributed by atoms with E-state index in [4.69, 9.17) is 14.2 Å². The summed E-state index contributed by atoms with van der Waals surface area (Å²) in [5.74, 6) is -1.91. The number of methoxy groups -OCH3 is 1. The number of rotatable bonds is 8. The molecule has 2 rings (SSSR count). The number of ether oxygens (including phenoxy) is 3. The van der Waals surface area contributed by atoms with Crippen LogP contribution < -0.4 is 5.32 Å². The molecular weight excluding hydrogens is 408 g/mol. The van der Waals surface area contributed by atoms with E-state index in [-0.39, 0.29) is 30.2 Å². The summed E-state index contributed by atoms with van der Waals surface area (Å²) in [6.45, 7) is 3.14. The molecule has 11 nitrogen and oxygen atoms in total. The van der Waals surface area contributed by atoms with Gasteiger partial charge in [0.25, 0.3) is 0 Å². The Kier molecular flexibility index (Phi) is 8.01. The Morgan fingerprint density at radius 2 is 1.77 bits per heavy atom. The Labute approximate surface area is 178 Å². The molecule has 0 bridgehead atoms. The monoisotopic (exact) mass is 430 g/mol. The van der Waals surface area contributed by atoms with Crippen LogP contribution in [0.15, 0.2) is 47.9 Å². The summed E-state index contributed by atoms with van der Waals surface area (Å²) < 4.78 is 14.9. The number of amides is 1. The molecule has 11 heteroatoms. The third-order valence-corrected chi connectivity index (χ3v) is 4.11. The molecule has 164 valence electrons. The Hall–Kier alpha value is -4.02. The molecule has 0 aliphatic rings. The summed E-state index contributed by atoms with van der Waals surface area (Å²) in [5.41, 5.74) is -2.88. The first-order valence-electron chi connectivity index (χ1n) is 9.26. The number of esters is 2. The van der Waals surface area contributed by atoms with Crippen LogP contribution in [0.2, 0.25) is 0 Å². The van der Waals surface area contributed by atoms with Gasteiger partial charge in [0.2, 0.25) is 11.3 Å². The Morgan fingerprint density at radius 1 is 1.06 bits per heavy atom. The van der Waals surface area contributed by atoms with Gasteiger partial charge in [-0.1, -0.05) is 17.3 Å². The van der Waals surface area contributed by atoms with Gasteiger partial charge in [0.1, 0.15) is 5.69 Å². The number of aromatic nitrogens is 2. The second-order valence-electron chi connectivity index (χ2n) is 5.87. The summed E-state index contributed by atoms with van der Waals surface area (Å²) in [7, 11) is 1.12. The highest BCUT2D eigenvalue weighted by Gasteiger charge is 2.49. The van der Waals surface area contributed by atoms with Gasteiger partial charge in [0.15, 0.2) is 0 Å². The highest BCUT2D eigenvalue weighted by molar-refractivity contribution is 6.43. The molecule has 31 heavy (non-hydrogen) atoms. The SMILES string of the molecule is CCOC(=O)/C(=N\O)c1ncccc1C(NC(=O)OC)(C(=O)OCC)c1ccccn1. The van der Waals surface area contributed by atoms with Crippen LogP contribution >= 0.6 is 0 Å². The summed E-state index contributed by atoms with van der Waals surface area (Å²) in [6, 6.07) is 7.56. The minimum absolute atomic E-state index is 0.00366. The van der Waals surface area contributed by atoms with E-state index in [2.05, 4.69) is 20.4 Å². The number of hydrogen-bond donors (Lipinski definition) is 2. The van der Waals surface area contributed by atoms with E-state index in [1.807, 2.05) is 0 Å². The summed E-state index contributed by atoms with van der Waals surface area (Å²) >= 11 is 0. The number of pyridine rings is 2. The molecule has 2 aromatic heterocycles. The maximum absolute atomic E-state index is 13.3. The molecule has 0 spiro atoms. The van der Waals surface area contributed by atoms with Gasteiger partial charge in [0, 0.05) is 18.0 Å². The third kappa shape index (κ3) is 4.77. The first-order valence-corrected chi connectivity index (χ1v) is 9.26. The number of carbonyl (C=O) groups is 3. The lowest BCUT2D eigenvalue weighted by atomic mass is 9.83. The van der Waals surface area contributed by atoms with Crippen molar-refractivity contribution in [3.8, 4) is 0 Å². The number of alkyl carbamates (subject to hydrolysis) is 1. The van der Waals surface area contributed by atoms with E-state index < -0.39 is 29.3 Å². The molecular formula is C20H22N4O7. The molecule has 1 atom stereocenters. The highest BCUT2D eigenvalue weighted by Crippen LogP contribution is 2.32. The molecule has 0 fully saturated rings. The lowest BCUT2D eigenvalue weighted by Crippen LogP contribution is -2.55. The Morgan fingerprint density at radius 3 is 2.35 bits per heavy atom. The van der Waals surface area contributed by atoms with Gasteiger partial charge >= 0.3 is 18.0 Å². The zero-order chi connectivity index (χ0) is 22.9. The van der Waals surface area contributed by atoms with Crippen molar-refractivity contribution in [1.82, 2.24) is 15.3 Å². The van der Waals surface area contributed by atoms with Gasteiger partial charge in [0.05, 0.1) is 26.0 Å². The first-order chi connectivity index (χ1) is 15.0. The quantitative estimate of drug-likeness (QED) is 0.208. The standard InChI is InChI=1S/C20H22N4O7/c1-4-30-17(25)16(24-28)15-13(9-8-12-22-15)20(18(26)31-5-2,23-19(27)29-3)14-10-6-7-11-21-14/h6-12,28H,4-5H2,1-3H3,(H,23,27)/b24-16-. The topological polar surface area (TPSA) is 149 Å². The number of carbonyl (C=O) groups excluding carboxylic acids is 3. The van der Waals surface area contributed by atoms with Crippen LogP contribution in [0.5, 0.6) is 0 Å². The fourth-order valence-electron chi connectivity index (χ4n) is 2.84. The van der Waals surface area contributed by atoms with E-state index in [1.165, 1.54) is 30.6 Å². The maximum Gasteiger partial charge on any atom is 0.408 e. The van der Waals surface area contributed by atoms with Gasteiger partial charge in [-0.15, -0.1) is 0 Å². The molecule has 0 aliphatic heterocycles. The van der Waals surface area contributed by atoms with E-state index in [1.54, 1.807) is 26.0 Å². The molecule has 0 saturated carbocycles. The van der Waals surface area contributed by atoms with Crippen molar-refractivity contribution in [2.45, 2.75) is 19.4 Å². The number of hydrogen-bond acceptors (Lipinski definition) is 10. The van der Waals surface area contributed by atoms with Gasteiger partial charge < -0.3 is 19.4 Å². The Bertz CT molecular complexity index is 965. The zero-order valence-electron chi connectivity index (χ0n) is 17.2. The van der Waals surface area contributed by atoms with Crippen molar-refractivity contribution in [2.24, 2.45) is 5.16 Å². The fourth-order valence-corrected chi connectivity index (χ4v) is 2.84. The molecule has 0 saturated heterocycles. The van der Waals surface area contributed by atoms with Crippen LogP contribution in [-0.2, 0) is 29.3 Å². The zero-order valence-corrected chi connectivity index (χ0v) is 17.2. The molecule has 1 amide bonds. The van der Waals surface area contributed by atoms with Crippen LogP contribution in [0.1, 0.15) is 30.8 Å². The summed E-state index contributed by atoms with van der Waals surface area (Å²) in [6.07, 6.45) is 1.74. The molecule has 2 N–H and O–H groups in total. The molecule has 2 aromatic rings. The van der Waals surface area contributed by atoms with Crippen LogP contribution in [0.3, 0.4) is 0 Å². The maximum atomic E-state index is 13.3. The second-order valence-corrected chi connectivity index (χ2v) is 5.87. The molecule has 0 aromatic carbocycles. The molecule has 1 unspecified atom stereocenters. The van der Waals surface area contributed by atoms with Crippen LogP contribution in [0.25, 0.3) is 0 Å². The summed E-state index contributed by atoms with van der Waals surface area (Å²) in [5, 5.41) is 15.0. The van der Waals surface area contributed by atoms with Crippen molar-refractivity contribution < 1.29 is 33.8 Å². The van der Waals surface area contributed by atoms with Crippen LogP contribution in [0, 0.1) is 0 Å². The second kappa shape index (κ2) is 10.7. The average molecular weight is 430 g/mol. The largest absolute Gasteiger partial charge is 0.464 e. The smallest absolute Gasteiger partial charge is 0.408 e. The normalized spacial score (nSPS) is 12.9. The van der Waals surface area contributed by atoms with Crippen LogP contribution in [-0.4, -0.2) is 59.2 Å². The number of nitrogens with zero attached hydrogens (tertiary/aromatic N) is 3. The van der Waals surface area contributed by atoms with E-state index in [9.17, 15) is 19.6 Å². The lowest BCUT2D eigenvalue weighted by Gasteiger charge is -2.32. The van der Waals surface area contributed by atoms with Crippen molar-refractivity contribution >= 4 is 23.7 Å². The fraction of sp³-hybridized carbons (Fsp3) is 0.300. The van der Waals surface area contributed by atoms with Crippen LogP contribution in [0.4, 0.5) is 4.79 Å². The predicted octanol–water partition coefficient (Wildman–Crippen LogP) is 1.38. The van der Waals surface area contributed by atoms with E-state index in [0.717, 1.165) is 7.11 Å². The van der Waals surface area contributed by atoms with Gasteiger partial charge in [-0.05, 0) is 32.0 Å². The minimum atomic E-state index is -2.09. The van der Waals surface area contributed by atoms with Gasteiger partial charge in [-0.25, -0.2) is 14.4 Å². The van der Waals surface area contributed by atoms with Gasteiger partial charge in [-0.3, -0.25) is 15.3 Å². The average Bonchev–Trinajstić information content (AvgIpc) is 2.79. The van der Waals surface area contributed by atoms with E-state index in [0.29, 0.717) is 0 Å². The van der Waals surface area contributed by atoms with Crippen molar-refractivity contribution in [2.75, 3.05) is 20.3 Å². The van der Waals surface area contributed by atoms with Crippen molar-refractivity contribution in [3.05, 3.63) is 59.7 Å². The molecule has 2 heterocycles. The summed E-state index contributed by atoms with van der Waals surface area (Å²) in [4.78, 5) is 46.3. The van der Waals surface area contributed by atoms with E-state index >= 15 is 0 Å². The highest BCUT2D eigenvalue weighted by atomic mass is 16.6. The number of oxime groups is 1. The Balaban J connectivity index is 2.89. The van der Waals surface area contributed by atoms with Crippen molar-refractivity contribution in [3.63, 3.8) is 0 Å². The predicted molar refractivity (Wildman–Crippen MR) is 106 cm³/mol. The third-order valence-electron chi connectivity index (χ3n) is 4.11. The minimum Gasteiger partial charge on any atom is -0.464 e. The molecule has 0 aliphatic carbocycles. The first kappa shape index (κ1) is 23.3. The van der Waals surface area contributed by atoms with Crippen molar-refractivity contribution in [1.29, 1.82) is 0 Å². The number of nitrogens with one attached hydrogen (secondary N) is 1. The molecule has 0 radical (unpaired) electrons. The van der Waals surface area contributed by atoms with Gasteiger partial charge in [-0.2, -0.15) is 0 Å².